The number of likely N-dealkylation sites (tertiary alicyclic amines) is 2. The van der Waals surface area contributed by atoms with Crippen molar-refractivity contribution in [2.75, 3.05) is 99.3 Å². The number of carbonyl (C=O) groups is 2. The van der Waals surface area contributed by atoms with E-state index in [0.29, 0.717) is 107 Å². The Morgan fingerprint density at radius 2 is 1.09 bits per heavy atom. The van der Waals surface area contributed by atoms with Crippen LogP contribution in [-0.4, -0.2) is 121 Å². The summed E-state index contributed by atoms with van der Waals surface area (Å²) in [4.78, 5) is 46.2. The molecule has 18 nitrogen and oxygen atoms in total. The topological polar surface area (TPSA) is 229 Å². The van der Waals surface area contributed by atoms with Crippen molar-refractivity contribution >= 4 is 68.1 Å². The molecule has 0 bridgehead atoms. The maximum atomic E-state index is 15.3. The van der Waals surface area contributed by atoms with Gasteiger partial charge in [0, 0.05) is 84.0 Å². The maximum Gasteiger partial charge on any atom is 0.413 e. The molecule has 10 rings (SSSR count). The van der Waals surface area contributed by atoms with Crippen molar-refractivity contribution in [3.05, 3.63) is 71.8 Å². The Balaban J connectivity index is 0.000000170. The molecule has 2 atom stereocenters. The molecule has 4 aliphatic rings. The van der Waals surface area contributed by atoms with Crippen LogP contribution in [0.15, 0.2) is 49.1 Å². The molecule has 0 radical (unpaired) electrons. The van der Waals surface area contributed by atoms with Gasteiger partial charge in [-0.05, 0) is 113 Å². The van der Waals surface area contributed by atoms with Gasteiger partial charge < -0.3 is 50.8 Å². The van der Waals surface area contributed by atoms with Gasteiger partial charge in [-0.1, -0.05) is 0 Å². The number of anilines is 6. The molecule has 4 aromatic heterocycles. The predicted molar refractivity (Wildman–Crippen MR) is 257 cm³/mol. The number of likely N-dealkylation sites (N-methyl/N-ethyl adjacent to an activating group) is 2. The maximum absolute atomic E-state index is 15.3. The number of rotatable bonds is 6. The molecule has 8 heterocycles. The van der Waals surface area contributed by atoms with E-state index < -0.39 is 23.8 Å². The number of nitrogen functional groups attached to an aromatic ring is 2. The molecule has 0 saturated carbocycles. The first-order valence-electron chi connectivity index (χ1n) is 22.6. The van der Waals surface area contributed by atoms with Crippen LogP contribution in [0.4, 0.5) is 52.8 Å². The SMILES string of the molecule is Cc1c(-c2cc3cc(NC(=O)O[C@@H]4CCCN(C)C4)ncc3c(N)c2F)cnc2c1NCCO2.Cc1c(-c2cc3cc(NC(=O)O[C@H]4CCCN(C)C4)ncc3c(N)c2F)cnc2c1NCCO2. The lowest BCUT2D eigenvalue weighted by molar-refractivity contribution is 0.0587. The third-order valence-electron chi connectivity index (χ3n) is 12.6. The van der Waals surface area contributed by atoms with Crippen LogP contribution >= 0.6 is 0 Å². The lowest BCUT2D eigenvalue weighted by Crippen LogP contribution is -2.38. The fourth-order valence-corrected chi connectivity index (χ4v) is 9.11. The number of hydrogen-bond acceptors (Lipinski definition) is 16. The highest BCUT2D eigenvalue weighted by molar-refractivity contribution is 6.01. The first-order chi connectivity index (χ1) is 32.8. The normalized spacial score (nSPS) is 18.0. The minimum absolute atomic E-state index is 0.0132. The average Bonchev–Trinajstić information content (AvgIpc) is 3.32. The summed E-state index contributed by atoms with van der Waals surface area (Å²) in [5.41, 5.74) is 17.2. The van der Waals surface area contributed by atoms with E-state index in [1.54, 1.807) is 36.7 Å². The highest BCUT2D eigenvalue weighted by Gasteiger charge is 2.26. The number of nitrogens with two attached hydrogens (primary N) is 2. The second-order valence-corrected chi connectivity index (χ2v) is 17.5. The molecule has 6 aromatic rings. The summed E-state index contributed by atoms with van der Waals surface area (Å²) < 4.78 is 52.8. The Hall–Kier alpha value is -7.32. The molecular formula is C48H54F2N12O6. The van der Waals surface area contributed by atoms with Crippen LogP contribution in [0.25, 0.3) is 43.8 Å². The number of pyridine rings is 4. The molecule has 2 fully saturated rings. The standard InChI is InChI=1S/2C24H27FN6O3/c2*1-13-17(10-29-23-22(13)27-5-7-33-23)16-8-14-9-19(28-11-18(14)21(26)20(16)25)30-24(32)34-15-4-3-6-31(2)12-15/h2*8-11,15,27H,3-7,12,26H2,1-2H3,(H,28,30,32)/t2*15-/m10/s1. The molecule has 2 saturated heterocycles. The number of piperidine rings is 2. The van der Waals surface area contributed by atoms with Crippen molar-refractivity contribution in [1.82, 2.24) is 29.7 Å². The third-order valence-corrected chi connectivity index (χ3v) is 12.6. The van der Waals surface area contributed by atoms with Crippen molar-refractivity contribution in [1.29, 1.82) is 0 Å². The Morgan fingerprint density at radius 1 is 0.662 bits per heavy atom. The Bertz CT molecular complexity index is 2730. The summed E-state index contributed by atoms with van der Waals surface area (Å²) in [6.07, 6.45) is 8.25. The number of benzene rings is 2. The van der Waals surface area contributed by atoms with E-state index in [1.807, 2.05) is 27.9 Å². The van der Waals surface area contributed by atoms with Gasteiger partial charge in [-0.2, -0.15) is 0 Å². The lowest BCUT2D eigenvalue weighted by atomic mass is 9.97. The van der Waals surface area contributed by atoms with Crippen molar-refractivity contribution in [2.45, 2.75) is 51.7 Å². The largest absolute Gasteiger partial charge is 0.474 e. The van der Waals surface area contributed by atoms with Gasteiger partial charge in [-0.15, -0.1) is 0 Å². The summed E-state index contributed by atoms with van der Waals surface area (Å²) in [6.45, 7) is 9.51. The van der Waals surface area contributed by atoms with Crippen LogP contribution in [0.3, 0.4) is 0 Å². The van der Waals surface area contributed by atoms with Crippen molar-refractivity contribution in [3.63, 3.8) is 0 Å². The van der Waals surface area contributed by atoms with Gasteiger partial charge in [0.1, 0.15) is 48.4 Å². The van der Waals surface area contributed by atoms with Crippen LogP contribution in [0, 0.1) is 25.5 Å². The number of ether oxygens (including phenoxy) is 4. The summed E-state index contributed by atoms with van der Waals surface area (Å²) in [6, 6.07) is 6.70. The second kappa shape index (κ2) is 19.5. The molecule has 20 heteroatoms. The number of hydrogen-bond donors (Lipinski definition) is 6. The highest BCUT2D eigenvalue weighted by atomic mass is 19.1. The molecule has 8 N–H and O–H groups in total. The van der Waals surface area contributed by atoms with Crippen LogP contribution < -0.4 is 42.2 Å². The molecule has 0 aliphatic carbocycles. The van der Waals surface area contributed by atoms with Gasteiger partial charge >= 0.3 is 12.2 Å². The molecule has 2 amide bonds. The van der Waals surface area contributed by atoms with E-state index in [0.717, 1.165) is 61.3 Å². The first kappa shape index (κ1) is 45.8. The summed E-state index contributed by atoms with van der Waals surface area (Å²) in [5, 5.41) is 14.1. The van der Waals surface area contributed by atoms with Gasteiger partial charge in [-0.25, -0.2) is 38.3 Å². The smallest absolute Gasteiger partial charge is 0.413 e. The van der Waals surface area contributed by atoms with Gasteiger partial charge in [0.05, 0.1) is 11.4 Å². The average molecular weight is 933 g/mol. The van der Waals surface area contributed by atoms with Crippen molar-refractivity contribution in [2.24, 2.45) is 0 Å². The minimum atomic E-state index is -0.566. The molecule has 0 spiro atoms. The second-order valence-electron chi connectivity index (χ2n) is 17.5. The third kappa shape index (κ3) is 9.59. The van der Waals surface area contributed by atoms with E-state index in [-0.39, 0.29) is 23.6 Å². The highest BCUT2D eigenvalue weighted by Crippen LogP contribution is 2.41. The van der Waals surface area contributed by atoms with E-state index in [9.17, 15) is 9.59 Å². The Kier molecular flexibility index (Phi) is 13.1. The van der Waals surface area contributed by atoms with Crippen molar-refractivity contribution < 1.29 is 37.3 Å². The number of fused-ring (bicyclic) bond motifs is 4. The Morgan fingerprint density at radius 3 is 1.50 bits per heavy atom. The number of carbonyl (C=O) groups excluding carboxylic acids is 2. The first-order valence-corrected chi connectivity index (χ1v) is 22.6. The molecule has 0 unspecified atom stereocenters. The van der Waals surface area contributed by atoms with Gasteiger partial charge in [-0.3, -0.25) is 10.6 Å². The van der Waals surface area contributed by atoms with Crippen molar-refractivity contribution in [3.8, 4) is 34.0 Å². The zero-order chi connectivity index (χ0) is 47.6. The van der Waals surface area contributed by atoms with Crippen LogP contribution in [-0.2, 0) is 9.47 Å². The molecular weight excluding hydrogens is 879 g/mol. The zero-order valence-electron chi connectivity index (χ0n) is 38.3. The molecule has 4 aliphatic heterocycles. The molecule has 356 valence electrons. The summed E-state index contributed by atoms with van der Waals surface area (Å²) in [7, 11) is 4.00. The monoisotopic (exact) mass is 932 g/mol. The minimum Gasteiger partial charge on any atom is -0.474 e. The van der Waals surface area contributed by atoms with E-state index in [1.165, 1.54) is 12.4 Å². The van der Waals surface area contributed by atoms with Crippen LogP contribution in [0.2, 0.25) is 0 Å². The Labute approximate surface area is 391 Å². The van der Waals surface area contributed by atoms with E-state index in [2.05, 4.69) is 51.0 Å². The quantitative estimate of drug-likeness (QED) is 0.0886. The van der Waals surface area contributed by atoms with Gasteiger partial charge in [0.2, 0.25) is 11.8 Å². The van der Waals surface area contributed by atoms with Gasteiger partial charge in [0.15, 0.2) is 11.6 Å². The molecule has 68 heavy (non-hydrogen) atoms. The summed E-state index contributed by atoms with van der Waals surface area (Å²) in [5.74, 6) is 0.512. The lowest BCUT2D eigenvalue weighted by Gasteiger charge is -2.29. The number of amides is 2. The fraction of sp³-hybridized carbons (Fsp3) is 0.375. The van der Waals surface area contributed by atoms with Gasteiger partial charge in [0.25, 0.3) is 0 Å². The van der Waals surface area contributed by atoms with E-state index >= 15 is 8.78 Å². The predicted octanol–water partition coefficient (Wildman–Crippen LogP) is 7.55. The fourth-order valence-electron chi connectivity index (χ4n) is 9.11. The molecule has 2 aromatic carbocycles. The number of halogens is 2. The van der Waals surface area contributed by atoms with E-state index in [4.69, 9.17) is 30.4 Å². The number of nitrogens with zero attached hydrogens (tertiary/aromatic N) is 6. The number of nitrogens with one attached hydrogen (secondary N) is 4. The zero-order valence-corrected chi connectivity index (χ0v) is 38.3. The summed E-state index contributed by atoms with van der Waals surface area (Å²) >= 11 is 0. The van der Waals surface area contributed by atoms with Crippen LogP contribution in [0.5, 0.6) is 11.8 Å². The van der Waals surface area contributed by atoms with Crippen LogP contribution in [0.1, 0.15) is 36.8 Å². The number of aromatic nitrogens is 4.